The quantitative estimate of drug-likeness (QED) is 0.527. The van der Waals surface area contributed by atoms with E-state index in [4.69, 9.17) is 4.42 Å². The zero-order valence-electron chi connectivity index (χ0n) is 11.9. The second-order valence-corrected chi connectivity index (χ2v) is 5.85. The molecular weight excluding hydrogens is 356 g/mol. The number of hydrogen-bond acceptors (Lipinski definition) is 3. The van der Waals surface area contributed by atoms with Crippen LogP contribution < -0.4 is 5.63 Å². The molecule has 4 nitrogen and oxygen atoms in total. The molecule has 5 heteroatoms. The van der Waals surface area contributed by atoms with Gasteiger partial charge >= 0.3 is 5.63 Å². The Bertz CT molecular complexity index is 1040. The number of aromatic nitrogens is 2. The van der Waals surface area contributed by atoms with Crippen LogP contribution in [0.5, 0.6) is 0 Å². The van der Waals surface area contributed by atoms with Gasteiger partial charge in [-0.15, -0.1) is 0 Å². The zero-order valence-corrected chi connectivity index (χ0v) is 13.5. The number of halogens is 1. The lowest BCUT2D eigenvalue weighted by molar-refractivity contribution is 0.532. The minimum Gasteiger partial charge on any atom is -0.403 e. The average Bonchev–Trinajstić information content (AvgIpc) is 3.00. The summed E-state index contributed by atoms with van der Waals surface area (Å²) in [4.78, 5) is 12.3. The Morgan fingerprint density at radius 2 is 1.61 bits per heavy atom. The van der Waals surface area contributed by atoms with Gasteiger partial charge in [0.1, 0.15) is 4.47 Å². The van der Waals surface area contributed by atoms with E-state index < -0.39 is 5.63 Å². The predicted octanol–water partition coefficient (Wildman–Crippen LogP) is 4.41. The first-order chi connectivity index (χ1) is 11.3. The second-order valence-electron chi connectivity index (χ2n) is 5.06. The van der Waals surface area contributed by atoms with Crippen molar-refractivity contribution >= 4 is 27.0 Å². The molecule has 0 aliphatic carbocycles. The summed E-state index contributed by atoms with van der Waals surface area (Å²) < 4.78 is 7.52. The van der Waals surface area contributed by atoms with E-state index in [1.165, 1.54) is 0 Å². The average molecular weight is 367 g/mol. The van der Waals surface area contributed by atoms with Crippen molar-refractivity contribution in [3.05, 3.63) is 81.8 Å². The van der Waals surface area contributed by atoms with Crippen LogP contribution in [0.25, 0.3) is 27.9 Å². The molecule has 23 heavy (non-hydrogen) atoms. The third-order valence-electron chi connectivity index (χ3n) is 3.65. The fourth-order valence-electron chi connectivity index (χ4n) is 2.60. The van der Waals surface area contributed by atoms with Gasteiger partial charge in [-0.25, -0.2) is 9.48 Å². The Morgan fingerprint density at radius 1 is 0.957 bits per heavy atom. The van der Waals surface area contributed by atoms with Crippen molar-refractivity contribution in [1.29, 1.82) is 0 Å². The Balaban J connectivity index is 2.07. The summed E-state index contributed by atoms with van der Waals surface area (Å²) in [5.74, 6) is 0. The van der Waals surface area contributed by atoms with Crippen LogP contribution in [0, 0.1) is 0 Å². The summed E-state index contributed by atoms with van der Waals surface area (Å²) in [5, 5.41) is 5.18. The van der Waals surface area contributed by atoms with Crippen molar-refractivity contribution in [3.8, 4) is 16.8 Å². The van der Waals surface area contributed by atoms with Gasteiger partial charge in [0.15, 0.2) is 0 Å². The highest BCUT2D eigenvalue weighted by Gasteiger charge is 2.18. The van der Waals surface area contributed by atoms with Gasteiger partial charge in [-0.1, -0.05) is 48.5 Å². The van der Waals surface area contributed by atoms with Crippen molar-refractivity contribution < 1.29 is 4.42 Å². The maximum absolute atomic E-state index is 12.3. The molecule has 0 N–H and O–H groups in total. The molecule has 0 amide bonds. The van der Waals surface area contributed by atoms with E-state index in [1.807, 2.05) is 60.7 Å². The Labute approximate surface area is 140 Å². The van der Waals surface area contributed by atoms with Crippen molar-refractivity contribution in [2.45, 2.75) is 0 Å². The third-order valence-corrected chi connectivity index (χ3v) is 4.37. The monoisotopic (exact) mass is 366 g/mol. The van der Waals surface area contributed by atoms with E-state index >= 15 is 0 Å². The lowest BCUT2D eigenvalue weighted by Gasteiger charge is -2.06. The fourth-order valence-corrected chi connectivity index (χ4v) is 3.12. The van der Waals surface area contributed by atoms with Gasteiger partial charge < -0.3 is 4.42 Å². The normalized spacial score (nSPS) is 11.0. The van der Waals surface area contributed by atoms with Crippen LogP contribution >= 0.6 is 15.9 Å². The van der Waals surface area contributed by atoms with Crippen LogP contribution in [0.2, 0.25) is 0 Å². The van der Waals surface area contributed by atoms with Crippen LogP contribution in [-0.4, -0.2) is 9.78 Å². The molecule has 0 spiro atoms. The van der Waals surface area contributed by atoms with Crippen molar-refractivity contribution in [3.63, 3.8) is 0 Å². The number of fused-ring (bicyclic) bond motifs is 1. The van der Waals surface area contributed by atoms with Gasteiger partial charge in [-0.2, -0.15) is 5.10 Å². The third kappa shape index (κ3) is 2.29. The van der Waals surface area contributed by atoms with Gasteiger partial charge in [-0.05, 0) is 33.6 Å². The number of nitrogens with zero attached hydrogens (tertiary/aromatic N) is 2. The molecule has 4 aromatic rings. The second kappa shape index (κ2) is 5.52. The van der Waals surface area contributed by atoms with Gasteiger partial charge in [0.25, 0.3) is 0 Å². The molecule has 0 aliphatic heterocycles. The highest BCUT2D eigenvalue weighted by molar-refractivity contribution is 9.10. The van der Waals surface area contributed by atoms with E-state index in [2.05, 4.69) is 21.0 Å². The molecule has 0 saturated carbocycles. The number of benzene rings is 2. The molecule has 2 heterocycles. The Hall–Kier alpha value is -2.66. The summed E-state index contributed by atoms with van der Waals surface area (Å²) in [6.45, 7) is 0. The first-order valence-electron chi connectivity index (χ1n) is 7.07. The molecule has 2 aromatic carbocycles. The lowest BCUT2D eigenvalue weighted by atomic mass is 10.0. The van der Waals surface area contributed by atoms with Crippen LogP contribution in [-0.2, 0) is 0 Å². The largest absolute Gasteiger partial charge is 0.403 e. The van der Waals surface area contributed by atoms with Gasteiger partial charge in [-0.3, -0.25) is 0 Å². The minimum atomic E-state index is -0.422. The summed E-state index contributed by atoms with van der Waals surface area (Å²) in [5.41, 5.74) is 2.58. The van der Waals surface area contributed by atoms with Crippen LogP contribution in [0.1, 0.15) is 0 Å². The van der Waals surface area contributed by atoms with E-state index in [0.717, 1.165) is 22.2 Å². The molecule has 2 aromatic heterocycles. The van der Waals surface area contributed by atoms with Gasteiger partial charge in [0.05, 0.1) is 17.3 Å². The standard InChI is InChI=1S/C18H11BrN2O2/c19-16-15(12-7-3-1-4-8-12)14-11-20-21(17(14)23-18(16)22)13-9-5-2-6-10-13/h1-11H. The molecule has 0 atom stereocenters. The smallest absolute Gasteiger partial charge is 0.352 e. The molecular formula is C18H11BrN2O2. The molecule has 112 valence electrons. The summed E-state index contributed by atoms with van der Waals surface area (Å²) in [6, 6.07) is 19.3. The highest BCUT2D eigenvalue weighted by Crippen LogP contribution is 2.33. The Kier molecular flexibility index (Phi) is 3.35. The van der Waals surface area contributed by atoms with Gasteiger partial charge in [0, 0.05) is 5.56 Å². The van der Waals surface area contributed by atoms with E-state index in [9.17, 15) is 4.79 Å². The highest BCUT2D eigenvalue weighted by atomic mass is 79.9. The van der Waals surface area contributed by atoms with Crippen LogP contribution in [0.15, 0.2) is 80.5 Å². The summed E-state index contributed by atoms with van der Waals surface area (Å²) in [6.07, 6.45) is 1.72. The number of para-hydroxylation sites is 1. The maximum Gasteiger partial charge on any atom is 0.352 e. The van der Waals surface area contributed by atoms with Gasteiger partial charge in [0.2, 0.25) is 5.71 Å². The summed E-state index contributed by atoms with van der Waals surface area (Å²) >= 11 is 3.36. The topological polar surface area (TPSA) is 48.0 Å². The zero-order chi connectivity index (χ0) is 15.8. The molecule has 4 rings (SSSR count). The number of hydrogen-bond donors (Lipinski definition) is 0. The molecule has 0 unspecified atom stereocenters. The van der Waals surface area contributed by atoms with Crippen molar-refractivity contribution in [2.75, 3.05) is 0 Å². The first kappa shape index (κ1) is 14.0. The molecule has 0 fully saturated rings. The van der Waals surface area contributed by atoms with E-state index in [0.29, 0.717) is 10.2 Å². The van der Waals surface area contributed by atoms with Crippen LogP contribution in [0.4, 0.5) is 0 Å². The molecule has 0 aliphatic rings. The van der Waals surface area contributed by atoms with E-state index in [1.54, 1.807) is 10.9 Å². The Morgan fingerprint density at radius 3 is 2.30 bits per heavy atom. The van der Waals surface area contributed by atoms with E-state index in [-0.39, 0.29) is 0 Å². The maximum atomic E-state index is 12.3. The van der Waals surface area contributed by atoms with Crippen LogP contribution in [0.3, 0.4) is 0 Å². The first-order valence-corrected chi connectivity index (χ1v) is 7.86. The number of rotatable bonds is 2. The molecule has 0 bridgehead atoms. The molecule has 0 saturated heterocycles. The predicted molar refractivity (Wildman–Crippen MR) is 92.7 cm³/mol. The fraction of sp³-hybridized carbons (Fsp3) is 0. The minimum absolute atomic E-state index is 0.406. The SMILES string of the molecule is O=c1oc2c(cnn2-c2ccccc2)c(-c2ccccc2)c1Br. The van der Waals surface area contributed by atoms with Crippen molar-refractivity contribution in [2.24, 2.45) is 0 Å². The van der Waals surface area contributed by atoms with Crippen molar-refractivity contribution in [1.82, 2.24) is 9.78 Å². The summed E-state index contributed by atoms with van der Waals surface area (Å²) in [7, 11) is 0. The molecule has 0 radical (unpaired) electrons. The lowest BCUT2D eigenvalue weighted by Crippen LogP contribution is -2.04.